The van der Waals surface area contributed by atoms with Crippen LogP contribution in [-0.2, 0) is 14.8 Å². The van der Waals surface area contributed by atoms with Gasteiger partial charge in [-0.3, -0.25) is 0 Å². The molecule has 0 saturated heterocycles. The van der Waals surface area contributed by atoms with Crippen molar-refractivity contribution in [2.45, 2.75) is 80.0 Å². The largest absolute Gasteiger partial charge is 0.339 e. The highest BCUT2D eigenvalue weighted by molar-refractivity contribution is 7.90. The second-order valence-electron chi connectivity index (χ2n) is 10.7. The second-order valence-corrected chi connectivity index (χ2v) is 12.6. The van der Waals surface area contributed by atoms with Crippen LogP contribution in [0.4, 0.5) is 8.78 Å². The maximum atomic E-state index is 14.9. The molecular weight excluding hydrogens is 526 g/mol. The first-order chi connectivity index (χ1) is 18.7. The molecule has 4 atom stereocenters. The Hall–Kier alpha value is -3.25. The zero-order valence-electron chi connectivity index (χ0n) is 21.5. The fourth-order valence-corrected chi connectivity index (χ4v) is 7.74. The molecule has 3 aliphatic rings. The van der Waals surface area contributed by atoms with Gasteiger partial charge in [0.05, 0.1) is 0 Å². The third kappa shape index (κ3) is 4.84. The molecule has 0 radical (unpaired) electrons. The summed E-state index contributed by atoms with van der Waals surface area (Å²) in [4.78, 5) is 4.55. The molecule has 2 saturated carbocycles. The fourth-order valence-electron chi connectivity index (χ4n) is 5.80. The van der Waals surface area contributed by atoms with Crippen molar-refractivity contribution in [3.05, 3.63) is 84.1 Å². The van der Waals surface area contributed by atoms with Crippen LogP contribution in [0.25, 0.3) is 0 Å². The zero-order chi connectivity index (χ0) is 27.3. The summed E-state index contributed by atoms with van der Waals surface area (Å²) in [6.45, 7) is 1.87. The number of rotatable bonds is 8. The Labute approximate surface area is 225 Å². The topological polar surface area (TPSA) is 116 Å². The van der Waals surface area contributed by atoms with Crippen LogP contribution in [-0.4, -0.2) is 45.3 Å². The van der Waals surface area contributed by atoms with E-state index in [1.807, 2.05) is 49.4 Å². The Morgan fingerprint density at radius 3 is 2.56 bits per heavy atom. The molecule has 6 rings (SSSR count). The molecule has 0 spiro atoms. The predicted molar refractivity (Wildman–Crippen MR) is 138 cm³/mol. The Kier molecular flexibility index (Phi) is 6.49. The van der Waals surface area contributed by atoms with Crippen molar-refractivity contribution in [3.63, 3.8) is 0 Å². The lowest BCUT2D eigenvalue weighted by molar-refractivity contribution is -0.0577. The summed E-state index contributed by atoms with van der Waals surface area (Å²) in [5.74, 6) is -2.69. The summed E-state index contributed by atoms with van der Waals surface area (Å²) in [5, 5.41) is 11.6. The van der Waals surface area contributed by atoms with Gasteiger partial charge in [-0.05, 0) is 36.8 Å². The van der Waals surface area contributed by atoms with Crippen LogP contribution in [0.3, 0.4) is 0 Å². The average molecular weight is 557 g/mol. The Balaban J connectivity index is 1.39. The smallest absolute Gasteiger partial charge is 0.251 e. The van der Waals surface area contributed by atoms with Gasteiger partial charge in [-0.25, -0.2) is 21.9 Å². The molecule has 12 heteroatoms. The number of allylic oxidation sites excluding steroid dienone is 2. The van der Waals surface area contributed by atoms with E-state index in [9.17, 15) is 17.2 Å². The van der Waals surface area contributed by atoms with Crippen molar-refractivity contribution < 1.29 is 21.7 Å². The maximum absolute atomic E-state index is 14.9. The molecule has 3 aromatic rings. The Morgan fingerprint density at radius 2 is 1.87 bits per heavy atom. The highest BCUT2D eigenvalue weighted by atomic mass is 32.2. The first kappa shape index (κ1) is 26.0. The van der Waals surface area contributed by atoms with Crippen LogP contribution in [0, 0.1) is 0 Å². The van der Waals surface area contributed by atoms with E-state index >= 15 is 0 Å². The molecule has 0 bridgehead atoms. The number of nitrogens with zero attached hydrogens (tertiary/aromatic N) is 5. The van der Waals surface area contributed by atoms with Crippen LogP contribution < -0.4 is 4.72 Å². The number of aromatic nitrogens is 5. The molecule has 9 nitrogen and oxygen atoms in total. The molecule has 1 N–H and O–H groups in total. The van der Waals surface area contributed by atoms with E-state index in [-0.39, 0.29) is 24.1 Å². The lowest BCUT2D eigenvalue weighted by atomic mass is 9.83. The number of nitrogens with one attached hydrogen (secondary N) is 1. The molecular formula is C27H30F2N6O3S. The Bertz CT molecular complexity index is 1480. The summed E-state index contributed by atoms with van der Waals surface area (Å²) in [6.07, 6.45) is 9.43. The van der Waals surface area contributed by atoms with E-state index in [0.29, 0.717) is 17.9 Å². The number of hydrogen-bond donors (Lipinski definition) is 1. The zero-order valence-corrected chi connectivity index (χ0v) is 22.3. The molecule has 3 aliphatic carbocycles. The van der Waals surface area contributed by atoms with E-state index in [1.165, 1.54) is 17.2 Å². The van der Waals surface area contributed by atoms with Gasteiger partial charge in [-0.2, -0.15) is 4.98 Å². The van der Waals surface area contributed by atoms with E-state index in [0.717, 1.165) is 18.4 Å². The molecule has 206 valence electrons. The van der Waals surface area contributed by atoms with Gasteiger partial charge in [0.2, 0.25) is 21.7 Å². The van der Waals surface area contributed by atoms with Crippen molar-refractivity contribution in [2.24, 2.45) is 0 Å². The highest BCUT2D eigenvalue weighted by Crippen LogP contribution is 2.47. The van der Waals surface area contributed by atoms with Crippen LogP contribution >= 0.6 is 0 Å². The molecule has 1 aromatic carbocycles. The minimum Gasteiger partial charge on any atom is -0.339 e. The van der Waals surface area contributed by atoms with Crippen LogP contribution in [0.15, 0.2) is 71.3 Å². The van der Waals surface area contributed by atoms with Crippen molar-refractivity contribution in [1.82, 2.24) is 29.6 Å². The molecule has 2 fully saturated rings. The fraction of sp³-hybridized carbons (Fsp3) is 0.481. The van der Waals surface area contributed by atoms with Crippen molar-refractivity contribution >= 4 is 10.0 Å². The van der Waals surface area contributed by atoms with E-state index < -0.39 is 45.6 Å². The highest BCUT2D eigenvalue weighted by Gasteiger charge is 2.54. The number of hydrogen-bond acceptors (Lipinski definition) is 7. The summed E-state index contributed by atoms with van der Waals surface area (Å²) in [5.41, 5.74) is 1.57. The summed E-state index contributed by atoms with van der Waals surface area (Å²) in [6, 6.07) is 8.07. The number of sulfonamides is 1. The minimum absolute atomic E-state index is 0.00527. The normalized spacial score (nSPS) is 28.8. The van der Waals surface area contributed by atoms with Gasteiger partial charge < -0.3 is 9.09 Å². The van der Waals surface area contributed by atoms with Gasteiger partial charge in [-0.15, -0.1) is 10.2 Å². The SMILES string of the molecule is CCC1=CC(c2ccccc2)C=CC1(c1noc(C2CC2)n1)S(=O)(=O)N[C@@H]1C[C@H](n2cnnc2)CC(F)(F)C1. The van der Waals surface area contributed by atoms with Crippen LogP contribution in [0.5, 0.6) is 0 Å². The number of halogens is 2. The van der Waals surface area contributed by atoms with Gasteiger partial charge in [-0.1, -0.05) is 60.6 Å². The second kappa shape index (κ2) is 9.74. The first-order valence-corrected chi connectivity index (χ1v) is 14.7. The van der Waals surface area contributed by atoms with E-state index in [2.05, 4.69) is 25.1 Å². The monoisotopic (exact) mass is 556 g/mol. The standard InChI is InChI=1S/C27H30F2N6O3S/c1-2-21-12-20(18-6-4-3-5-7-18)10-11-27(21,25-32-24(38-33-25)19-8-9-19)39(36,37)34-22-13-23(15-26(28,29)14-22)35-16-30-31-17-35/h3-7,10-12,16-17,19-20,22-23,34H,2,8-9,13-15H2,1H3/t20?,22-,23+,27?/m1/s1. The van der Waals surface area contributed by atoms with Gasteiger partial charge in [0.25, 0.3) is 5.92 Å². The first-order valence-electron chi connectivity index (χ1n) is 13.2. The quantitative estimate of drug-likeness (QED) is 0.397. The molecule has 0 aliphatic heterocycles. The Morgan fingerprint density at radius 1 is 1.13 bits per heavy atom. The third-order valence-corrected chi connectivity index (χ3v) is 9.97. The van der Waals surface area contributed by atoms with Gasteiger partial charge in [0.1, 0.15) is 12.7 Å². The van der Waals surface area contributed by atoms with Crippen molar-refractivity contribution in [2.75, 3.05) is 0 Å². The average Bonchev–Trinajstić information content (AvgIpc) is 3.38. The molecule has 2 aromatic heterocycles. The molecule has 0 amide bonds. The number of benzene rings is 1. The lowest BCUT2D eigenvalue weighted by Gasteiger charge is -2.39. The predicted octanol–water partition coefficient (Wildman–Crippen LogP) is 4.77. The number of alkyl halides is 2. The van der Waals surface area contributed by atoms with Crippen LogP contribution in [0.1, 0.15) is 80.6 Å². The maximum Gasteiger partial charge on any atom is 0.251 e. The third-order valence-electron chi connectivity index (χ3n) is 7.90. The summed E-state index contributed by atoms with van der Waals surface area (Å²) >= 11 is 0. The van der Waals surface area contributed by atoms with Crippen molar-refractivity contribution in [1.29, 1.82) is 0 Å². The minimum atomic E-state index is -4.36. The molecule has 39 heavy (non-hydrogen) atoms. The van der Waals surface area contributed by atoms with Gasteiger partial charge in [0.15, 0.2) is 4.75 Å². The van der Waals surface area contributed by atoms with Gasteiger partial charge >= 0.3 is 0 Å². The van der Waals surface area contributed by atoms with Crippen LogP contribution in [0.2, 0.25) is 0 Å². The van der Waals surface area contributed by atoms with Crippen molar-refractivity contribution in [3.8, 4) is 0 Å². The van der Waals surface area contributed by atoms with E-state index in [1.54, 1.807) is 6.08 Å². The van der Waals surface area contributed by atoms with Gasteiger partial charge in [0, 0.05) is 36.8 Å². The summed E-state index contributed by atoms with van der Waals surface area (Å²) in [7, 11) is -4.36. The lowest BCUT2D eigenvalue weighted by Crippen LogP contribution is -2.52. The molecule has 2 heterocycles. The van der Waals surface area contributed by atoms with E-state index in [4.69, 9.17) is 4.52 Å². The summed E-state index contributed by atoms with van der Waals surface area (Å²) < 4.78 is 66.4. The molecule has 2 unspecified atom stereocenters.